The second-order valence-electron chi connectivity index (χ2n) is 8.57. The third-order valence-corrected chi connectivity index (χ3v) is 6.77. The number of hydrogen-bond donors (Lipinski definition) is 1. The molecule has 1 aliphatic rings. The van der Waals surface area contributed by atoms with Crippen molar-refractivity contribution in [2.24, 2.45) is 5.92 Å². The first kappa shape index (κ1) is 25.1. The summed E-state index contributed by atoms with van der Waals surface area (Å²) in [6.07, 6.45) is 2.08. The fraction of sp³-hybridized carbons (Fsp3) is 0.542. The maximum atomic E-state index is 13.3. The summed E-state index contributed by atoms with van der Waals surface area (Å²) in [7, 11) is 3.47. The lowest BCUT2D eigenvalue weighted by molar-refractivity contribution is -0.115. The Morgan fingerprint density at radius 2 is 2.12 bits per heavy atom. The standard InChI is InChI=1S/C24H34N4O4S/c1-6-22(29)26-18-7-8-19-20(11-18)32-15-17(3)28(14-23-25-9-10-33-23)12-16(2)21(31-5)13-27(4)24(19)30/h7-11,16-17,21H,6,12-15H2,1-5H3,(H,26,29)/t16-,17-,21-/m1/s1. The first-order valence-electron chi connectivity index (χ1n) is 11.3. The van der Waals surface area contributed by atoms with E-state index in [1.807, 2.05) is 11.6 Å². The predicted octanol–water partition coefficient (Wildman–Crippen LogP) is 3.50. The number of rotatable bonds is 5. The number of ether oxygens (including phenoxy) is 2. The van der Waals surface area contributed by atoms with Gasteiger partial charge in [-0.05, 0) is 25.0 Å². The summed E-state index contributed by atoms with van der Waals surface area (Å²) in [6.45, 7) is 8.42. The Balaban J connectivity index is 1.93. The Morgan fingerprint density at radius 3 is 2.79 bits per heavy atom. The molecule has 1 N–H and O–H groups in total. The molecule has 0 fully saturated rings. The lowest BCUT2D eigenvalue weighted by atomic mass is 10.0. The number of carbonyl (C=O) groups excluding carboxylic acids is 2. The number of hydrogen-bond acceptors (Lipinski definition) is 7. The average molecular weight is 475 g/mol. The van der Waals surface area contributed by atoms with Crippen molar-refractivity contribution >= 4 is 28.8 Å². The molecule has 0 aliphatic carbocycles. The Morgan fingerprint density at radius 1 is 1.33 bits per heavy atom. The lowest BCUT2D eigenvalue weighted by Crippen LogP contribution is -2.46. The van der Waals surface area contributed by atoms with E-state index >= 15 is 0 Å². The lowest BCUT2D eigenvalue weighted by Gasteiger charge is -2.35. The summed E-state index contributed by atoms with van der Waals surface area (Å²) in [5.74, 6) is 0.425. The van der Waals surface area contributed by atoms with E-state index in [0.29, 0.717) is 36.6 Å². The SMILES string of the molecule is CCC(=O)Nc1ccc2c(c1)OC[C@@H](C)N(Cc1nccs1)C[C@@H](C)[C@H](OC)CN(C)C2=O. The topological polar surface area (TPSA) is 84.0 Å². The molecule has 2 amide bonds. The molecule has 3 atom stereocenters. The molecule has 1 aromatic heterocycles. The first-order valence-corrected chi connectivity index (χ1v) is 12.2. The summed E-state index contributed by atoms with van der Waals surface area (Å²) in [5.41, 5.74) is 1.08. The molecule has 0 saturated heterocycles. The van der Waals surface area contributed by atoms with Crippen LogP contribution in [0.3, 0.4) is 0 Å². The van der Waals surface area contributed by atoms with Gasteiger partial charge >= 0.3 is 0 Å². The molecule has 3 rings (SSSR count). The van der Waals surface area contributed by atoms with Gasteiger partial charge in [-0.25, -0.2) is 4.98 Å². The van der Waals surface area contributed by atoms with Crippen LogP contribution in [0.15, 0.2) is 29.8 Å². The molecule has 1 aliphatic heterocycles. The van der Waals surface area contributed by atoms with Crippen LogP contribution in [0.2, 0.25) is 0 Å². The third-order valence-electron chi connectivity index (χ3n) is 6.00. The van der Waals surface area contributed by atoms with Crippen molar-refractivity contribution in [1.29, 1.82) is 0 Å². The number of carbonyl (C=O) groups is 2. The van der Waals surface area contributed by atoms with Crippen molar-refractivity contribution in [3.8, 4) is 5.75 Å². The maximum absolute atomic E-state index is 13.3. The van der Waals surface area contributed by atoms with Gasteiger partial charge in [0.25, 0.3) is 5.91 Å². The Labute approximate surface area is 199 Å². The molecule has 180 valence electrons. The number of thiazole rings is 1. The molecule has 0 unspecified atom stereocenters. The average Bonchev–Trinajstić information content (AvgIpc) is 3.32. The molecule has 0 bridgehead atoms. The van der Waals surface area contributed by atoms with Gasteiger partial charge < -0.3 is 19.7 Å². The second kappa shape index (κ2) is 11.6. The van der Waals surface area contributed by atoms with Gasteiger partial charge in [0.05, 0.1) is 18.2 Å². The van der Waals surface area contributed by atoms with E-state index in [9.17, 15) is 9.59 Å². The van der Waals surface area contributed by atoms with Crippen LogP contribution in [0.5, 0.6) is 5.75 Å². The summed E-state index contributed by atoms with van der Waals surface area (Å²) in [4.78, 5) is 33.6. The Kier molecular flexibility index (Phi) is 8.82. The Hall–Kier alpha value is -2.49. The summed E-state index contributed by atoms with van der Waals surface area (Å²) in [6, 6.07) is 5.26. The van der Waals surface area contributed by atoms with Crippen LogP contribution in [-0.4, -0.2) is 72.6 Å². The molecule has 2 aromatic rings. The van der Waals surface area contributed by atoms with Gasteiger partial charge in [-0.1, -0.05) is 13.8 Å². The fourth-order valence-electron chi connectivity index (χ4n) is 3.90. The fourth-order valence-corrected chi connectivity index (χ4v) is 4.54. The smallest absolute Gasteiger partial charge is 0.257 e. The van der Waals surface area contributed by atoms with Crippen LogP contribution in [-0.2, 0) is 16.1 Å². The first-order chi connectivity index (χ1) is 15.8. The monoisotopic (exact) mass is 474 g/mol. The molecule has 8 nitrogen and oxygen atoms in total. The number of benzene rings is 1. The largest absolute Gasteiger partial charge is 0.491 e. The molecule has 0 radical (unpaired) electrons. The van der Waals surface area contributed by atoms with Crippen LogP contribution < -0.4 is 10.1 Å². The number of methoxy groups -OCH3 is 1. The zero-order chi connectivity index (χ0) is 24.0. The van der Waals surface area contributed by atoms with Crippen LogP contribution in [0.1, 0.15) is 42.6 Å². The van der Waals surface area contributed by atoms with Crippen molar-refractivity contribution in [3.05, 3.63) is 40.3 Å². The van der Waals surface area contributed by atoms with Crippen molar-refractivity contribution in [2.45, 2.75) is 45.9 Å². The number of likely N-dealkylation sites (N-methyl/N-ethyl adjacent to an activating group) is 1. The molecule has 33 heavy (non-hydrogen) atoms. The highest BCUT2D eigenvalue weighted by molar-refractivity contribution is 7.09. The molecule has 9 heteroatoms. The van der Waals surface area contributed by atoms with Gasteiger partial charge in [0, 0.05) is 63.0 Å². The minimum Gasteiger partial charge on any atom is -0.491 e. The number of fused-ring (bicyclic) bond motifs is 1. The highest BCUT2D eigenvalue weighted by Crippen LogP contribution is 2.27. The number of amides is 2. The molecule has 0 saturated carbocycles. The van der Waals surface area contributed by atoms with Gasteiger partial charge in [0.15, 0.2) is 0 Å². The van der Waals surface area contributed by atoms with Crippen molar-refractivity contribution in [2.75, 3.05) is 39.2 Å². The molecular formula is C24H34N4O4S. The third kappa shape index (κ3) is 6.52. The summed E-state index contributed by atoms with van der Waals surface area (Å²) < 4.78 is 12.0. The van der Waals surface area contributed by atoms with E-state index in [1.165, 1.54) is 0 Å². The molecule has 1 aromatic carbocycles. The number of nitrogens with one attached hydrogen (secondary N) is 1. The van der Waals surface area contributed by atoms with Gasteiger partial charge in [-0.15, -0.1) is 11.3 Å². The van der Waals surface area contributed by atoms with Crippen molar-refractivity contribution in [1.82, 2.24) is 14.8 Å². The van der Waals surface area contributed by atoms with E-state index in [0.717, 1.165) is 18.1 Å². The molecule has 0 spiro atoms. The van der Waals surface area contributed by atoms with Crippen molar-refractivity contribution in [3.63, 3.8) is 0 Å². The van der Waals surface area contributed by atoms with Crippen LogP contribution in [0.4, 0.5) is 5.69 Å². The maximum Gasteiger partial charge on any atom is 0.257 e. The zero-order valence-electron chi connectivity index (χ0n) is 20.0. The zero-order valence-corrected chi connectivity index (χ0v) is 20.9. The number of anilines is 1. The van der Waals surface area contributed by atoms with E-state index in [1.54, 1.807) is 55.5 Å². The second-order valence-corrected chi connectivity index (χ2v) is 9.54. The van der Waals surface area contributed by atoms with Gasteiger partial charge in [-0.3, -0.25) is 14.5 Å². The summed E-state index contributed by atoms with van der Waals surface area (Å²) in [5, 5.41) is 5.88. The van der Waals surface area contributed by atoms with Crippen LogP contribution >= 0.6 is 11.3 Å². The van der Waals surface area contributed by atoms with Gasteiger partial charge in [-0.2, -0.15) is 0 Å². The van der Waals surface area contributed by atoms with Crippen LogP contribution in [0, 0.1) is 5.92 Å². The van der Waals surface area contributed by atoms with E-state index in [2.05, 4.69) is 29.0 Å². The van der Waals surface area contributed by atoms with E-state index in [-0.39, 0.29) is 29.9 Å². The highest BCUT2D eigenvalue weighted by atomic mass is 32.1. The molecule has 2 heterocycles. The van der Waals surface area contributed by atoms with Crippen molar-refractivity contribution < 1.29 is 19.1 Å². The predicted molar refractivity (Wildman–Crippen MR) is 130 cm³/mol. The molecular weight excluding hydrogens is 440 g/mol. The Bertz CT molecular complexity index is 937. The minimum absolute atomic E-state index is 0.0721. The van der Waals surface area contributed by atoms with Gasteiger partial charge in [0.2, 0.25) is 5.91 Å². The van der Waals surface area contributed by atoms with E-state index in [4.69, 9.17) is 9.47 Å². The number of nitrogens with zero attached hydrogens (tertiary/aromatic N) is 3. The quantitative estimate of drug-likeness (QED) is 0.714. The highest BCUT2D eigenvalue weighted by Gasteiger charge is 2.28. The summed E-state index contributed by atoms with van der Waals surface area (Å²) >= 11 is 1.64. The van der Waals surface area contributed by atoms with Gasteiger partial charge in [0.1, 0.15) is 17.4 Å². The normalized spacial score (nSPS) is 22.6. The van der Waals surface area contributed by atoms with Crippen LogP contribution in [0.25, 0.3) is 0 Å². The van der Waals surface area contributed by atoms with E-state index < -0.39 is 0 Å². The number of aromatic nitrogens is 1. The minimum atomic E-state index is -0.138.